The number of aromatic amines is 2. The number of aromatic nitrogens is 4. The molecule has 3 aromatic carbocycles. The Kier molecular flexibility index (Phi) is 14.1. The van der Waals surface area contributed by atoms with Gasteiger partial charge in [-0.05, 0) is 85.8 Å². The van der Waals surface area contributed by atoms with Gasteiger partial charge in [-0.1, -0.05) is 76.2 Å². The number of ether oxygens (including phenoxy) is 1. The lowest BCUT2D eigenvalue weighted by Crippen LogP contribution is -2.51. The second kappa shape index (κ2) is 20.0. The van der Waals surface area contributed by atoms with Gasteiger partial charge in [-0.3, -0.25) is 14.5 Å². The highest BCUT2D eigenvalue weighted by Crippen LogP contribution is 2.48. The fourth-order valence-electron chi connectivity index (χ4n) is 10.4. The minimum Gasteiger partial charge on any atom is -0.465 e. The van der Waals surface area contributed by atoms with E-state index < -0.39 is 36.0 Å². The molecule has 0 radical (unpaired) electrons. The average molecular weight is 952 g/mol. The molecule has 5 aromatic rings. The molecular formula is C51H60F3N9O6. The molecule has 2 aromatic heterocycles. The zero-order valence-corrected chi connectivity index (χ0v) is 39.7. The molecule has 15 nitrogen and oxygen atoms in total. The highest BCUT2D eigenvalue weighted by molar-refractivity contribution is 5.87. The average Bonchev–Trinajstić information content (AvgIpc) is 4.20. The van der Waals surface area contributed by atoms with Crippen LogP contribution in [0.5, 0.6) is 0 Å². The Morgan fingerprint density at radius 3 is 1.61 bits per heavy atom. The zero-order chi connectivity index (χ0) is 49.3. The number of carboxylic acid groups (broad SMARTS) is 1. The fraction of sp³-hybridized carbons (Fsp3) is 0.451. The largest absolute Gasteiger partial charge is 0.465 e. The second-order valence-electron chi connectivity index (χ2n) is 19.0. The summed E-state index contributed by atoms with van der Waals surface area (Å²) in [5.74, 6) is 0.464. The van der Waals surface area contributed by atoms with E-state index in [2.05, 4.69) is 20.2 Å². The number of carbonyl (C=O) groups excluding carboxylic acids is 3. The quantitative estimate of drug-likeness (QED) is 0.0894. The Bertz CT molecular complexity index is 2610. The topological polar surface area (TPSA) is 180 Å². The molecule has 5 heterocycles. The summed E-state index contributed by atoms with van der Waals surface area (Å²) >= 11 is 0. The van der Waals surface area contributed by atoms with Crippen molar-refractivity contribution >= 4 is 29.7 Å². The first-order valence-corrected chi connectivity index (χ1v) is 23.6. The van der Waals surface area contributed by atoms with Crippen molar-refractivity contribution in [2.24, 2.45) is 11.8 Å². The summed E-state index contributed by atoms with van der Waals surface area (Å²) in [4.78, 5) is 74.5. The maximum Gasteiger partial charge on any atom is 0.416 e. The van der Waals surface area contributed by atoms with Crippen LogP contribution in [0.2, 0.25) is 0 Å². The van der Waals surface area contributed by atoms with Gasteiger partial charge in [-0.2, -0.15) is 13.2 Å². The van der Waals surface area contributed by atoms with Crippen LogP contribution in [0, 0.1) is 11.8 Å². The Morgan fingerprint density at radius 2 is 1.19 bits per heavy atom. The molecule has 366 valence electrons. The van der Waals surface area contributed by atoms with Gasteiger partial charge in [-0.15, -0.1) is 0 Å². The second-order valence-corrected chi connectivity index (χ2v) is 19.0. The van der Waals surface area contributed by atoms with Crippen molar-refractivity contribution in [3.8, 4) is 22.5 Å². The van der Waals surface area contributed by atoms with Gasteiger partial charge in [0.2, 0.25) is 11.8 Å². The zero-order valence-electron chi connectivity index (χ0n) is 39.7. The smallest absolute Gasteiger partial charge is 0.416 e. The van der Waals surface area contributed by atoms with Crippen molar-refractivity contribution in [2.45, 2.75) is 109 Å². The number of carbonyl (C=O) groups is 4. The Hall–Kier alpha value is -6.85. The van der Waals surface area contributed by atoms with Crippen LogP contribution in [0.4, 0.5) is 28.4 Å². The first-order valence-electron chi connectivity index (χ1n) is 23.6. The maximum absolute atomic E-state index is 13.8. The molecule has 0 bridgehead atoms. The van der Waals surface area contributed by atoms with Crippen LogP contribution in [0.25, 0.3) is 22.5 Å². The SMILES string of the molecule is COC(=O)N[C@H](C(=O)N1CCC[C@H]1c1nc(-c2ccc([C@@H]3CC[C@H](c4ccc(-c5c[nH]c([C@@H]6CCCN6C(=O)[C@H](C(C)C)N(C)C(=O)O)n5)cc4)N3c3ccc(C(F)(F)F)cc3)cc2)c[nH]1)C(C)C. The van der Waals surface area contributed by atoms with E-state index in [0.29, 0.717) is 54.7 Å². The number of benzene rings is 3. The number of anilines is 1. The predicted molar refractivity (Wildman–Crippen MR) is 253 cm³/mol. The number of nitrogens with zero attached hydrogens (tertiary/aromatic N) is 6. The van der Waals surface area contributed by atoms with Crippen LogP contribution >= 0.6 is 0 Å². The maximum atomic E-state index is 13.8. The summed E-state index contributed by atoms with van der Waals surface area (Å²) in [6.45, 7) is 8.45. The molecule has 8 rings (SSSR count). The van der Waals surface area contributed by atoms with Gasteiger partial charge in [0.25, 0.3) is 0 Å². The molecule has 0 aliphatic carbocycles. The fourth-order valence-corrected chi connectivity index (χ4v) is 10.4. The molecular weight excluding hydrogens is 892 g/mol. The number of alkyl carbamates (subject to hydrolysis) is 1. The van der Waals surface area contributed by atoms with Gasteiger partial charge in [0.05, 0.1) is 48.2 Å². The third-order valence-electron chi connectivity index (χ3n) is 14.0. The molecule has 0 unspecified atom stereocenters. The number of nitrogens with one attached hydrogen (secondary N) is 3. The van der Waals surface area contributed by atoms with Crippen molar-refractivity contribution in [3.05, 3.63) is 114 Å². The number of imidazole rings is 2. The number of hydrogen-bond donors (Lipinski definition) is 4. The first kappa shape index (κ1) is 48.6. The molecule has 18 heteroatoms. The van der Waals surface area contributed by atoms with Gasteiger partial charge < -0.3 is 39.8 Å². The Balaban J connectivity index is 1.01. The number of halogens is 3. The van der Waals surface area contributed by atoms with E-state index in [0.717, 1.165) is 65.0 Å². The summed E-state index contributed by atoms with van der Waals surface area (Å²) in [6, 6.07) is 18.9. The molecule has 3 aliphatic rings. The van der Waals surface area contributed by atoms with Crippen molar-refractivity contribution in [1.29, 1.82) is 0 Å². The third kappa shape index (κ3) is 10.0. The van der Waals surface area contributed by atoms with Crippen molar-refractivity contribution < 1.29 is 42.2 Å². The van der Waals surface area contributed by atoms with Crippen LogP contribution in [0.1, 0.15) is 119 Å². The minimum absolute atomic E-state index is 0.155. The summed E-state index contributed by atoms with van der Waals surface area (Å²) in [7, 11) is 2.69. The van der Waals surface area contributed by atoms with Gasteiger partial charge in [-0.25, -0.2) is 19.6 Å². The number of hydrogen-bond acceptors (Lipinski definition) is 8. The molecule has 0 saturated carbocycles. The number of alkyl halides is 3. The van der Waals surface area contributed by atoms with E-state index in [9.17, 15) is 37.5 Å². The summed E-state index contributed by atoms with van der Waals surface area (Å²) in [5.41, 5.74) is 5.03. The number of likely N-dealkylation sites (N-methyl/N-ethyl adjacent to an activating group) is 1. The van der Waals surface area contributed by atoms with Crippen molar-refractivity contribution in [3.63, 3.8) is 0 Å². The van der Waals surface area contributed by atoms with Crippen LogP contribution in [0.3, 0.4) is 0 Å². The highest BCUT2D eigenvalue weighted by atomic mass is 19.4. The van der Waals surface area contributed by atoms with Crippen LogP contribution in [0.15, 0.2) is 85.2 Å². The minimum atomic E-state index is -4.48. The van der Waals surface area contributed by atoms with Gasteiger partial charge in [0.15, 0.2) is 0 Å². The lowest BCUT2D eigenvalue weighted by molar-refractivity contribution is -0.139. The number of amides is 4. The van der Waals surface area contributed by atoms with Crippen molar-refractivity contribution in [2.75, 3.05) is 32.1 Å². The lowest BCUT2D eigenvalue weighted by Gasteiger charge is -2.33. The number of methoxy groups -OCH3 is 1. The van der Waals surface area contributed by atoms with E-state index >= 15 is 0 Å². The van der Waals surface area contributed by atoms with E-state index in [1.54, 1.807) is 21.9 Å². The van der Waals surface area contributed by atoms with E-state index in [4.69, 9.17) is 14.7 Å². The predicted octanol–water partition coefficient (Wildman–Crippen LogP) is 9.91. The molecule has 6 atom stereocenters. The molecule has 3 aliphatic heterocycles. The standard InChI is InChI=1S/C51H60F3N9O6/c1-29(2)43(59-49(66)69-6)47(64)61-25-7-9-41(61)45-55-27-37(57-45)31-11-15-33(16-12-31)39-23-24-40(63(39)36-21-19-35(20-22-36)51(52,53)54)34-17-13-32(14-18-34)38-28-56-46(58-38)42-10-8-26-62(42)48(65)44(30(3)4)60(5)50(67)68/h11-22,27-30,39-44H,7-10,23-26H2,1-6H3,(H,55,57)(H,56,58)(H,59,66)(H,67,68)/t39-,40+,41-,42-,43-,44-/m0/s1. The molecule has 4 N–H and O–H groups in total. The molecule has 3 saturated heterocycles. The summed E-state index contributed by atoms with van der Waals surface area (Å²) in [5, 5.41) is 12.4. The third-order valence-corrected chi connectivity index (χ3v) is 14.0. The van der Waals surface area contributed by atoms with Crippen LogP contribution in [-0.2, 0) is 20.5 Å². The first-order chi connectivity index (χ1) is 32.9. The van der Waals surface area contributed by atoms with E-state index in [1.807, 2.05) is 88.6 Å². The molecule has 3 fully saturated rings. The Labute approximate surface area is 399 Å². The summed E-state index contributed by atoms with van der Waals surface area (Å²) < 4.78 is 46.0. The van der Waals surface area contributed by atoms with Gasteiger partial charge in [0.1, 0.15) is 23.7 Å². The van der Waals surface area contributed by atoms with Gasteiger partial charge >= 0.3 is 18.4 Å². The monoisotopic (exact) mass is 951 g/mol. The number of likely N-dealkylation sites (tertiary alicyclic amines) is 2. The molecule has 0 spiro atoms. The lowest BCUT2D eigenvalue weighted by atomic mass is 10.0. The molecule has 69 heavy (non-hydrogen) atoms. The van der Waals surface area contributed by atoms with Gasteiger partial charge in [0, 0.05) is 49.3 Å². The molecule has 4 amide bonds. The van der Waals surface area contributed by atoms with E-state index in [1.165, 1.54) is 14.2 Å². The number of rotatable bonds is 13. The number of H-pyrrole nitrogens is 2. The van der Waals surface area contributed by atoms with Crippen LogP contribution in [-0.4, -0.2) is 103 Å². The summed E-state index contributed by atoms with van der Waals surface area (Å²) in [6.07, 6.45) is 1.77. The van der Waals surface area contributed by atoms with E-state index in [-0.39, 0.29) is 47.8 Å². The Morgan fingerprint density at radius 1 is 0.710 bits per heavy atom. The van der Waals surface area contributed by atoms with Crippen LogP contribution < -0.4 is 10.2 Å². The van der Waals surface area contributed by atoms with Crippen molar-refractivity contribution in [1.82, 2.24) is 40.0 Å². The normalized spacial score (nSPS) is 20.4. The highest BCUT2D eigenvalue weighted by Gasteiger charge is 2.41.